The molecule has 3 nitrogen and oxygen atoms in total. The van der Waals surface area contributed by atoms with Gasteiger partial charge >= 0.3 is 0 Å². The van der Waals surface area contributed by atoms with E-state index in [9.17, 15) is 4.79 Å². The molecule has 0 saturated heterocycles. The van der Waals surface area contributed by atoms with Crippen LogP contribution in [0, 0.1) is 5.92 Å². The van der Waals surface area contributed by atoms with E-state index in [1.54, 1.807) is 0 Å². The molecule has 17 heavy (non-hydrogen) atoms. The maximum absolute atomic E-state index is 12.0. The summed E-state index contributed by atoms with van der Waals surface area (Å²) in [4.78, 5) is 12.0. The van der Waals surface area contributed by atoms with Crippen LogP contribution in [0.5, 0.6) is 0 Å². The molecule has 3 heteroatoms. The van der Waals surface area contributed by atoms with Gasteiger partial charge in [0.05, 0.1) is 6.04 Å². The topological polar surface area (TPSA) is 41.1 Å². The first-order chi connectivity index (χ1) is 8.16. The van der Waals surface area contributed by atoms with Crippen LogP contribution in [0.4, 0.5) is 5.69 Å². The molecule has 0 aromatic heterocycles. The van der Waals surface area contributed by atoms with Crippen LogP contribution in [-0.2, 0) is 11.2 Å². The standard InChI is InChI=1S/C14H20N2O/c1-10(2)9-15-13-8-7-11-5-3-4-6-12(11)16-14(13)17/h3-6,10,13,15H,7-9H2,1-2H3,(H,16,17). The van der Waals surface area contributed by atoms with Gasteiger partial charge in [0.15, 0.2) is 0 Å². The fourth-order valence-electron chi connectivity index (χ4n) is 2.08. The molecule has 92 valence electrons. The molecule has 1 unspecified atom stereocenters. The van der Waals surface area contributed by atoms with Crippen LogP contribution in [0.15, 0.2) is 24.3 Å². The van der Waals surface area contributed by atoms with Crippen LogP contribution in [0.25, 0.3) is 0 Å². The molecule has 1 aliphatic heterocycles. The van der Waals surface area contributed by atoms with Gasteiger partial charge in [0.1, 0.15) is 0 Å². The predicted octanol–water partition coefficient (Wildman–Crippen LogP) is 2.19. The highest BCUT2D eigenvalue weighted by Crippen LogP contribution is 2.21. The van der Waals surface area contributed by atoms with Gasteiger partial charge in [-0.2, -0.15) is 0 Å². The molecule has 0 fully saturated rings. The first-order valence-corrected chi connectivity index (χ1v) is 6.29. The Labute approximate surface area is 103 Å². The van der Waals surface area contributed by atoms with Gasteiger partial charge in [-0.25, -0.2) is 0 Å². The number of fused-ring (bicyclic) bond motifs is 1. The summed E-state index contributed by atoms with van der Waals surface area (Å²) in [6, 6.07) is 7.97. The average Bonchev–Trinajstić information content (AvgIpc) is 2.45. The predicted molar refractivity (Wildman–Crippen MR) is 70.0 cm³/mol. The maximum atomic E-state index is 12.0. The highest BCUT2D eigenvalue weighted by atomic mass is 16.2. The molecular weight excluding hydrogens is 212 g/mol. The van der Waals surface area contributed by atoms with Crippen molar-refractivity contribution in [3.05, 3.63) is 29.8 Å². The van der Waals surface area contributed by atoms with Crippen LogP contribution < -0.4 is 10.6 Å². The van der Waals surface area contributed by atoms with Crippen molar-refractivity contribution in [2.24, 2.45) is 5.92 Å². The second-order valence-corrected chi connectivity index (χ2v) is 5.04. The largest absolute Gasteiger partial charge is 0.324 e. The Kier molecular flexibility index (Phi) is 3.79. The minimum atomic E-state index is -0.0650. The van der Waals surface area contributed by atoms with E-state index in [2.05, 4.69) is 30.5 Å². The first kappa shape index (κ1) is 12.1. The number of nitrogens with one attached hydrogen (secondary N) is 2. The van der Waals surface area contributed by atoms with Crippen molar-refractivity contribution in [1.29, 1.82) is 0 Å². The van der Waals surface area contributed by atoms with E-state index in [0.29, 0.717) is 5.92 Å². The van der Waals surface area contributed by atoms with Crippen molar-refractivity contribution in [3.63, 3.8) is 0 Å². The highest BCUT2D eigenvalue weighted by Gasteiger charge is 2.22. The molecule has 1 aromatic rings. The number of hydrogen-bond donors (Lipinski definition) is 2. The van der Waals surface area contributed by atoms with Gasteiger partial charge in [0.2, 0.25) is 5.91 Å². The second-order valence-electron chi connectivity index (χ2n) is 5.04. The summed E-state index contributed by atoms with van der Waals surface area (Å²) in [5.74, 6) is 0.657. The number of carbonyl (C=O) groups excluding carboxylic acids is 1. The van der Waals surface area contributed by atoms with E-state index in [0.717, 1.165) is 25.1 Å². The third-order valence-electron chi connectivity index (χ3n) is 3.07. The summed E-state index contributed by atoms with van der Waals surface area (Å²) in [5.41, 5.74) is 2.20. The van der Waals surface area contributed by atoms with Crippen molar-refractivity contribution < 1.29 is 4.79 Å². The van der Waals surface area contributed by atoms with Crippen LogP contribution in [0.3, 0.4) is 0 Å². The van der Waals surface area contributed by atoms with Crippen molar-refractivity contribution >= 4 is 11.6 Å². The van der Waals surface area contributed by atoms with Crippen molar-refractivity contribution in [1.82, 2.24) is 5.32 Å². The molecule has 0 spiro atoms. The molecule has 0 aliphatic carbocycles. The zero-order valence-electron chi connectivity index (χ0n) is 10.5. The Bertz CT molecular complexity index is 401. The molecule has 1 amide bonds. The maximum Gasteiger partial charge on any atom is 0.241 e. The minimum Gasteiger partial charge on any atom is -0.324 e. The molecule has 1 aliphatic rings. The van der Waals surface area contributed by atoms with Gasteiger partial charge in [0.25, 0.3) is 0 Å². The lowest BCUT2D eigenvalue weighted by Crippen LogP contribution is -2.41. The zero-order valence-corrected chi connectivity index (χ0v) is 10.5. The SMILES string of the molecule is CC(C)CNC1CCc2ccccc2NC1=O. The fourth-order valence-corrected chi connectivity index (χ4v) is 2.08. The average molecular weight is 232 g/mol. The number of carbonyl (C=O) groups is 1. The number of anilines is 1. The summed E-state index contributed by atoms with van der Waals surface area (Å²) >= 11 is 0. The molecular formula is C14H20N2O. The molecule has 0 bridgehead atoms. The quantitative estimate of drug-likeness (QED) is 0.838. The lowest BCUT2D eigenvalue weighted by atomic mass is 10.1. The van der Waals surface area contributed by atoms with E-state index in [-0.39, 0.29) is 11.9 Å². The molecule has 2 N–H and O–H groups in total. The Morgan fingerprint density at radius 1 is 1.41 bits per heavy atom. The lowest BCUT2D eigenvalue weighted by molar-refractivity contribution is -0.118. The number of hydrogen-bond acceptors (Lipinski definition) is 2. The summed E-state index contributed by atoms with van der Waals surface area (Å²) < 4.78 is 0. The highest BCUT2D eigenvalue weighted by molar-refractivity contribution is 5.96. The van der Waals surface area contributed by atoms with Crippen molar-refractivity contribution in [2.45, 2.75) is 32.7 Å². The van der Waals surface area contributed by atoms with Gasteiger partial charge in [-0.15, -0.1) is 0 Å². The molecule has 1 heterocycles. The lowest BCUT2D eigenvalue weighted by Gasteiger charge is -2.16. The minimum absolute atomic E-state index is 0.0650. The Morgan fingerprint density at radius 3 is 2.94 bits per heavy atom. The summed E-state index contributed by atoms with van der Waals surface area (Å²) in [5, 5.41) is 6.33. The van der Waals surface area contributed by atoms with Gasteiger partial charge in [0, 0.05) is 5.69 Å². The molecule has 2 rings (SSSR count). The molecule has 0 saturated carbocycles. The second kappa shape index (κ2) is 5.32. The summed E-state index contributed by atoms with van der Waals surface area (Å²) in [6.45, 7) is 5.18. The third kappa shape index (κ3) is 3.07. The van der Waals surface area contributed by atoms with E-state index >= 15 is 0 Å². The smallest absolute Gasteiger partial charge is 0.241 e. The normalized spacial score (nSPS) is 19.7. The number of aryl methyl sites for hydroxylation is 1. The Hall–Kier alpha value is -1.35. The fraction of sp³-hybridized carbons (Fsp3) is 0.500. The van der Waals surface area contributed by atoms with Crippen molar-refractivity contribution in [3.8, 4) is 0 Å². The number of benzene rings is 1. The monoisotopic (exact) mass is 232 g/mol. The Morgan fingerprint density at radius 2 is 2.18 bits per heavy atom. The molecule has 1 aromatic carbocycles. The van der Waals surface area contributed by atoms with Crippen LogP contribution in [-0.4, -0.2) is 18.5 Å². The van der Waals surface area contributed by atoms with Crippen LogP contribution >= 0.6 is 0 Å². The number of para-hydroxylation sites is 1. The van der Waals surface area contributed by atoms with Gasteiger partial charge < -0.3 is 10.6 Å². The van der Waals surface area contributed by atoms with E-state index in [1.807, 2.05) is 18.2 Å². The van der Waals surface area contributed by atoms with E-state index in [4.69, 9.17) is 0 Å². The van der Waals surface area contributed by atoms with E-state index in [1.165, 1.54) is 5.56 Å². The summed E-state index contributed by atoms with van der Waals surface area (Å²) in [6.07, 6.45) is 1.82. The van der Waals surface area contributed by atoms with Crippen LogP contribution in [0.2, 0.25) is 0 Å². The number of rotatable bonds is 3. The summed E-state index contributed by atoms with van der Waals surface area (Å²) in [7, 11) is 0. The van der Waals surface area contributed by atoms with Gasteiger partial charge in [-0.05, 0) is 36.9 Å². The first-order valence-electron chi connectivity index (χ1n) is 6.29. The van der Waals surface area contributed by atoms with Crippen molar-refractivity contribution in [2.75, 3.05) is 11.9 Å². The van der Waals surface area contributed by atoms with Gasteiger partial charge in [-0.1, -0.05) is 32.0 Å². The molecule has 0 radical (unpaired) electrons. The molecule has 1 atom stereocenters. The van der Waals surface area contributed by atoms with Gasteiger partial charge in [-0.3, -0.25) is 4.79 Å². The zero-order chi connectivity index (χ0) is 12.3. The Balaban J connectivity index is 2.05. The number of amides is 1. The van der Waals surface area contributed by atoms with Crippen LogP contribution in [0.1, 0.15) is 25.8 Å². The third-order valence-corrected chi connectivity index (χ3v) is 3.07. The van der Waals surface area contributed by atoms with E-state index < -0.39 is 0 Å².